The number of rotatable bonds is 6. The van der Waals surface area contributed by atoms with E-state index in [-0.39, 0.29) is 5.88 Å². The number of nitrogens with one attached hydrogen (secondary N) is 1. The minimum atomic E-state index is -4.59. The molecule has 3 nitrogen and oxygen atoms in total. The fourth-order valence-corrected chi connectivity index (χ4v) is 3.91. The lowest BCUT2D eigenvalue weighted by molar-refractivity contribution is -0.137. The average molecular weight is 344 g/mol. The summed E-state index contributed by atoms with van der Waals surface area (Å²) in [6, 6.07) is 3.64. The van der Waals surface area contributed by atoms with E-state index in [9.17, 15) is 21.6 Å². The molecule has 0 aromatic heterocycles. The van der Waals surface area contributed by atoms with Crippen LogP contribution in [-0.2, 0) is 16.2 Å². The van der Waals surface area contributed by atoms with Gasteiger partial charge in [-0.25, -0.2) is 13.1 Å². The fourth-order valence-electron chi connectivity index (χ4n) is 1.79. The van der Waals surface area contributed by atoms with Crippen molar-refractivity contribution in [1.82, 2.24) is 4.72 Å². The summed E-state index contributed by atoms with van der Waals surface area (Å²) in [7, 11) is -4.07. The van der Waals surface area contributed by atoms with Gasteiger partial charge < -0.3 is 0 Å². The molecule has 0 spiro atoms. The van der Waals surface area contributed by atoms with Crippen molar-refractivity contribution in [3.63, 3.8) is 0 Å². The van der Waals surface area contributed by atoms with Crippen molar-refractivity contribution in [2.24, 2.45) is 0 Å². The molecule has 1 aromatic carbocycles. The molecule has 0 unspecified atom stereocenters. The lowest BCUT2D eigenvalue weighted by atomic mass is 9.97. The molecule has 0 atom stereocenters. The Balaban J connectivity index is 3.20. The Labute approximate surface area is 127 Å². The van der Waals surface area contributed by atoms with Crippen molar-refractivity contribution in [3.05, 3.63) is 29.8 Å². The molecule has 1 rings (SSSR count). The second-order valence-corrected chi connectivity index (χ2v) is 6.70. The first-order chi connectivity index (χ1) is 9.60. The van der Waals surface area contributed by atoms with Crippen molar-refractivity contribution in [1.29, 1.82) is 0 Å². The highest BCUT2D eigenvalue weighted by Crippen LogP contribution is 2.31. The van der Waals surface area contributed by atoms with Crippen LogP contribution in [0.2, 0.25) is 0 Å². The zero-order valence-electron chi connectivity index (χ0n) is 11.7. The quantitative estimate of drug-likeness (QED) is 0.799. The van der Waals surface area contributed by atoms with E-state index in [1.807, 2.05) is 0 Å². The molecule has 0 radical (unpaired) electrons. The summed E-state index contributed by atoms with van der Waals surface area (Å²) in [5, 5.41) is 0. The molecule has 1 N–H and O–H groups in total. The Bertz CT molecular complexity index is 575. The van der Waals surface area contributed by atoms with E-state index in [0.29, 0.717) is 18.9 Å². The minimum Gasteiger partial charge on any atom is -0.207 e. The van der Waals surface area contributed by atoms with Crippen LogP contribution in [0.15, 0.2) is 29.2 Å². The largest absolute Gasteiger partial charge is 0.416 e. The summed E-state index contributed by atoms with van der Waals surface area (Å²) in [6.07, 6.45) is -3.72. The predicted octanol–water partition coefficient (Wildman–Crippen LogP) is 3.78. The SMILES string of the molecule is CCC(CC)(CCl)NS(=O)(=O)c1cccc(C(F)(F)F)c1. The number of hydrogen-bond donors (Lipinski definition) is 1. The van der Waals surface area contributed by atoms with E-state index in [4.69, 9.17) is 11.6 Å². The van der Waals surface area contributed by atoms with E-state index in [1.165, 1.54) is 0 Å². The standard InChI is InChI=1S/C13H17ClF3NO2S/c1-3-12(4-2,9-14)18-21(19,20)11-7-5-6-10(8-11)13(15,16)17/h5-8,18H,3-4,9H2,1-2H3. The summed E-state index contributed by atoms with van der Waals surface area (Å²) in [4.78, 5) is -0.422. The molecule has 0 saturated heterocycles. The third kappa shape index (κ3) is 4.34. The lowest BCUT2D eigenvalue weighted by Gasteiger charge is -2.30. The molecule has 0 fully saturated rings. The van der Waals surface area contributed by atoms with Gasteiger partial charge in [0.05, 0.1) is 10.5 Å². The van der Waals surface area contributed by atoms with Gasteiger partial charge in [-0.15, -0.1) is 11.6 Å². The highest BCUT2D eigenvalue weighted by molar-refractivity contribution is 7.89. The van der Waals surface area contributed by atoms with Gasteiger partial charge in [0.15, 0.2) is 0 Å². The van der Waals surface area contributed by atoms with Gasteiger partial charge in [0, 0.05) is 11.4 Å². The van der Waals surface area contributed by atoms with E-state index in [0.717, 1.165) is 18.2 Å². The van der Waals surface area contributed by atoms with Crippen LogP contribution in [0.1, 0.15) is 32.3 Å². The first kappa shape index (κ1) is 18.3. The minimum absolute atomic E-state index is 0.0399. The van der Waals surface area contributed by atoms with Crippen LogP contribution in [-0.4, -0.2) is 19.8 Å². The van der Waals surface area contributed by atoms with Crippen molar-refractivity contribution < 1.29 is 21.6 Å². The topological polar surface area (TPSA) is 46.2 Å². The van der Waals surface area contributed by atoms with Crippen LogP contribution in [0.25, 0.3) is 0 Å². The van der Waals surface area contributed by atoms with Gasteiger partial charge in [0.2, 0.25) is 10.0 Å². The molecular formula is C13H17ClF3NO2S. The third-order valence-electron chi connectivity index (χ3n) is 3.43. The first-order valence-corrected chi connectivity index (χ1v) is 8.39. The molecule has 120 valence electrons. The summed E-state index contributed by atoms with van der Waals surface area (Å²) in [5.74, 6) is 0.0399. The molecule has 21 heavy (non-hydrogen) atoms. The molecule has 0 aliphatic heterocycles. The number of hydrogen-bond acceptors (Lipinski definition) is 2. The first-order valence-electron chi connectivity index (χ1n) is 6.37. The van der Waals surface area contributed by atoms with Gasteiger partial charge in [-0.2, -0.15) is 13.2 Å². The summed E-state index contributed by atoms with van der Waals surface area (Å²) >= 11 is 5.82. The maximum atomic E-state index is 12.7. The van der Waals surface area contributed by atoms with Crippen molar-refractivity contribution >= 4 is 21.6 Å². The van der Waals surface area contributed by atoms with E-state index in [2.05, 4.69) is 4.72 Å². The van der Waals surface area contributed by atoms with Crippen molar-refractivity contribution in [3.8, 4) is 0 Å². The molecule has 0 aliphatic carbocycles. The lowest BCUT2D eigenvalue weighted by Crippen LogP contribution is -2.49. The Morgan fingerprint density at radius 3 is 2.19 bits per heavy atom. The van der Waals surface area contributed by atoms with Crippen LogP contribution >= 0.6 is 11.6 Å². The highest BCUT2D eigenvalue weighted by atomic mass is 35.5. The number of halogens is 4. The summed E-state index contributed by atoms with van der Waals surface area (Å²) < 4.78 is 64.9. The third-order valence-corrected chi connectivity index (χ3v) is 5.52. The van der Waals surface area contributed by atoms with Gasteiger partial charge >= 0.3 is 6.18 Å². The second-order valence-electron chi connectivity index (χ2n) is 4.75. The fraction of sp³-hybridized carbons (Fsp3) is 0.538. The van der Waals surface area contributed by atoms with Crippen LogP contribution < -0.4 is 4.72 Å². The van der Waals surface area contributed by atoms with Crippen molar-refractivity contribution in [2.45, 2.75) is 43.3 Å². The molecule has 0 heterocycles. The Hall–Kier alpha value is -0.790. The van der Waals surface area contributed by atoms with Gasteiger partial charge in [-0.05, 0) is 31.0 Å². The van der Waals surface area contributed by atoms with E-state index in [1.54, 1.807) is 13.8 Å². The molecule has 0 bridgehead atoms. The zero-order chi connectivity index (χ0) is 16.3. The summed E-state index contributed by atoms with van der Waals surface area (Å²) in [5.41, 5.74) is -1.87. The Kier molecular flexibility index (Phi) is 5.69. The monoisotopic (exact) mass is 343 g/mol. The summed E-state index contributed by atoms with van der Waals surface area (Å²) in [6.45, 7) is 3.53. The molecular weight excluding hydrogens is 327 g/mol. The average Bonchev–Trinajstić information content (AvgIpc) is 2.44. The molecule has 1 aromatic rings. The predicted molar refractivity (Wildman–Crippen MR) is 75.8 cm³/mol. The van der Waals surface area contributed by atoms with Crippen LogP contribution in [0.4, 0.5) is 13.2 Å². The van der Waals surface area contributed by atoms with Crippen LogP contribution in [0, 0.1) is 0 Å². The maximum absolute atomic E-state index is 12.7. The van der Waals surface area contributed by atoms with Gasteiger partial charge in [0.25, 0.3) is 0 Å². The maximum Gasteiger partial charge on any atom is 0.416 e. The smallest absolute Gasteiger partial charge is 0.207 e. The number of benzene rings is 1. The van der Waals surface area contributed by atoms with Crippen LogP contribution in [0.3, 0.4) is 0 Å². The number of sulfonamides is 1. The van der Waals surface area contributed by atoms with Gasteiger partial charge in [-0.1, -0.05) is 19.9 Å². The molecule has 0 aliphatic rings. The van der Waals surface area contributed by atoms with Gasteiger partial charge in [0.1, 0.15) is 0 Å². The Morgan fingerprint density at radius 1 is 1.19 bits per heavy atom. The van der Waals surface area contributed by atoms with Crippen molar-refractivity contribution in [2.75, 3.05) is 5.88 Å². The van der Waals surface area contributed by atoms with E-state index < -0.39 is 32.2 Å². The molecule has 8 heteroatoms. The normalized spacial score (nSPS) is 13.4. The molecule has 0 amide bonds. The highest BCUT2D eigenvalue weighted by Gasteiger charge is 2.34. The Morgan fingerprint density at radius 2 is 1.76 bits per heavy atom. The zero-order valence-corrected chi connectivity index (χ0v) is 13.2. The van der Waals surface area contributed by atoms with Crippen LogP contribution in [0.5, 0.6) is 0 Å². The van der Waals surface area contributed by atoms with E-state index >= 15 is 0 Å². The number of alkyl halides is 4. The molecule has 0 saturated carbocycles. The second kappa shape index (κ2) is 6.54. The van der Waals surface area contributed by atoms with Gasteiger partial charge in [-0.3, -0.25) is 0 Å².